The molecule has 3 aromatic rings. The molecule has 0 bridgehead atoms. The fraction of sp³-hybridized carbons (Fsp3) is 0. The summed E-state index contributed by atoms with van der Waals surface area (Å²) in [6, 6.07) is 10.3. The first-order chi connectivity index (χ1) is 11.1. The van der Waals surface area contributed by atoms with Crippen molar-refractivity contribution in [3.8, 4) is 11.6 Å². The zero-order valence-corrected chi connectivity index (χ0v) is 11.5. The lowest BCUT2D eigenvalue weighted by Gasteiger charge is -2.00. The average Bonchev–Trinajstić information content (AvgIpc) is 3.04. The Morgan fingerprint density at radius 1 is 1.13 bits per heavy atom. The van der Waals surface area contributed by atoms with Crippen LogP contribution >= 0.6 is 0 Å². The molecule has 0 saturated carbocycles. The maximum atomic E-state index is 12.0. The molecule has 0 atom stereocenters. The van der Waals surface area contributed by atoms with Crippen LogP contribution in [0.2, 0.25) is 0 Å². The first kappa shape index (κ1) is 14.3. The molecule has 3 rings (SSSR count). The molecule has 0 aliphatic heterocycles. The summed E-state index contributed by atoms with van der Waals surface area (Å²) < 4.78 is 5.30. The van der Waals surface area contributed by atoms with Crippen LogP contribution in [0.25, 0.3) is 11.6 Å². The van der Waals surface area contributed by atoms with Gasteiger partial charge in [-0.05, 0) is 24.3 Å². The number of hydrogen-bond acceptors (Lipinski definition) is 7. The van der Waals surface area contributed by atoms with Gasteiger partial charge in [0.15, 0.2) is 0 Å². The van der Waals surface area contributed by atoms with E-state index >= 15 is 0 Å². The van der Waals surface area contributed by atoms with Gasteiger partial charge < -0.3 is 4.42 Å². The highest BCUT2D eigenvalue weighted by Gasteiger charge is 2.14. The number of pyridine rings is 1. The predicted molar refractivity (Wildman–Crippen MR) is 78.6 cm³/mol. The molecule has 0 fully saturated rings. The molecule has 1 aromatic carbocycles. The summed E-state index contributed by atoms with van der Waals surface area (Å²) in [5, 5.41) is 20.5. The number of non-ortho nitro benzene ring substituents is 1. The second-order valence-corrected chi connectivity index (χ2v) is 4.39. The fourth-order valence-electron chi connectivity index (χ4n) is 1.77. The molecule has 0 aliphatic carbocycles. The lowest BCUT2D eigenvalue weighted by molar-refractivity contribution is -0.384. The van der Waals surface area contributed by atoms with E-state index in [0.29, 0.717) is 5.69 Å². The van der Waals surface area contributed by atoms with Gasteiger partial charge in [0.05, 0.1) is 4.92 Å². The van der Waals surface area contributed by atoms with Crippen LogP contribution in [0.1, 0.15) is 10.4 Å². The summed E-state index contributed by atoms with van der Waals surface area (Å²) in [5.41, 5.74) is 0.612. The van der Waals surface area contributed by atoms with E-state index in [-0.39, 0.29) is 23.2 Å². The van der Waals surface area contributed by atoms with Gasteiger partial charge in [0, 0.05) is 23.9 Å². The number of aromatic nitrogens is 3. The molecule has 9 nitrogen and oxygen atoms in total. The summed E-state index contributed by atoms with van der Waals surface area (Å²) in [4.78, 5) is 26.1. The van der Waals surface area contributed by atoms with Gasteiger partial charge >= 0.3 is 6.01 Å². The molecule has 0 saturated heterocycles. The van der Waals surface area contributed by atoms with E-state index in [9.17, 15) is 14.9 Å². The third kappa shape index (κ3) is 3.18. The topological polar surface area (TPSA) is 124 Å². The van der Waals surface area contributed by atoms with Gasteiger partial charge in [-0.25, -0.2) is 0 Å². The molecule has 114 valence electrons. The van der Waals surface area contributed by atoms with Crippen LogP contribution in [-0.2, 0) is 0 Å². The number of carbonyl (C=O) groups excluding carboxylic acids is 1. The second-order valence-electron chi connectivity index (χ2n) is 4.39. The van der Waals surface area contributed by atoms with Gasteiger partial charge in [-0.15, -0.1) is 5.10 Å². The molecule has 23 heavy (non-hydrogen) atoms. The average molecular weight is 311 g/mol. The number of nitrogens with one attached hydrogen (secondary N) is 1. The van der Waals surface area contributed by atoms with Crippen molar-refractivity contribution in [1.82, 2.24) is 15.2 Å². The number of nitro benzene ring substituents is 1. The molecule has 2 aromatic heterocycles. The molecule has 1 amide bonds. The maximum Gasteiger partial charge on any atom is 0.322 e. The monoisotopic (exact) mass is 311 g/mol. The Morgan fingerprint density at radius 2 is 1.91 bits per heavy atom. The zero-order chi connectivity index (χ0) is 16.2. The summed E-state index contributed by atoms with van der Waals surface area (Å²) in [5.74, 6) is -0.347. The fourth-order valence-corrected chi connectivity index (χ4v) is 1.77. The molecule has 9 heteroatoms. The predicted octanol–water partition coefficient (Wildman–Crippen LogP) is 2.29. The van der Waals surface area contributed by atoms with E-state index in [1.54, 1.807) is 24.4 Å². The number of benzene rings is 1. The maximum absolute atomic E-state index is 12.0. The lowest BCUT2D eigenvalue weighted by atomic mass is 10.2. The molecule has 0 spiro atoms. The minimum Gasteiger partial charge on any atom is -0.401 e. The van der Waals surface area contributed by atoms with E-state index < -0.39 is 10.8 Å². The highest BCUT2D eigenvalue weighted by atomic mass is 16.6. The molecular formula is C14H9N5O4. The largest absolute Gasteiger partial charge is 0.401 e. The van der Waals surface area contributed by atoms with E-state index in [4.69, 9.17) is 4.42 Å². The highest BCUT2D eigenvalue weighted by Crippen LogP contribution is 2.18. The normalized spacial score (nSPS) is 10.3. The minimum atomic E-state index is -0.543. The number of amides is 1. The molecule has 2 heterocycles. The molecule has 1 N–H and O–H groups in total. The first-order valence-electron chi connectivity index (χ1n) is 6.44. The molecule has 0 unspecified atom stereocenters. The minimum absolute atomic E-state index is 0.0889. The molecular weight excluding hydrogens is 302 g/mol. The standard InChI is InChI=1S/C14H9N5O4/c20-12(9-4-6-10(7-5-9)19(21)22)16-14-18-17-13(23-14)11-3-1-2-8-15-11/h1-8H,(H,16,18,20). The SMILES string of the molecule is O=C(Nc1nnc(-c2ccccn2)o1)c1ccc([N+](=O)[O-])cc1. The second kappa shape index (κ2) is 6.02. The van der Waals surface area contributed by atoms with Gasteiger partial charge in [0.1, 0.15) is 5.69 Å². The summed E-state index contributed by atoms with van der Waals surface area (Å²) >= 11 is 0. The van der Waals surface area contributed by atoms with Gasteiger partial charge in [0.25, 0.3) is 17.5 Å². The quantitative estimate of drug-likeness (QED) is 0.579. The van der Waals surface area contributed by atoms with Crippen LogP contribution in [0.15, 0.2) is 53.1 Å². The van der Waals surface area contributed by atoms with Crippen LogP contribution in [0, 0.1) is 10.1 Å². The Bertz CT molecular complexity index is 845. The van der Waals surface area contributed by atoms with Crippen molar-refractivity contribution < 1.29 is 14.1 Å². The van der Waals surface area contributed by atoms with Gasteiger partial charge in [-0.2, -0.15) is 0 Å². The summed E-state index contributed by atoms with van der Waals surface area (Å²) in [6.07, 6.45) is 1.58. The van der Waals surface area contributed by atoms with E-state index in [2.05, 4.69) is 20.5 Å². The Labute approximate surface area is 129 Å². The third-order valence-corrected chi connectivity index (χ3v) is 2.87. The highest BCUT2D eigenvalue weighted by molar-refractivity contribution is 6.03. The number of nitro groups is 1. The van der Waals surface area contributed by atoms with E-state index in [1.807, 2.05) is 0 Å². The van der Waals surface area contributed by atoms with Crippen molar-refractivity contribution in [3.63, 3.8) is 0 Å². The Hall–Kier alpha value is -3.62. The van der Waals surface area contributed by atoms with Crippen LogP contribution < -0.4 is 5.32 Å². The number of anilines is 1. The number of carbonyl (C=O) groups is 1. The van der Waals surface area contributed by atoms with Crippen molar-refractivity contribution in [1.29, 1.82) is 0 Å². The van der Waals surface area contributed by atoms with Crippen molar-refractivity contribution in [2.45, 2.75) is 0 Å². The molecule has 0 radical (unpaired) electrons. The van der Waals surface area contributed by atoms with Crippen LogP contribution in [-0.4, -0.2) is 26.0 Å². The number of nitrogens with zero attached hydrogens (tertiary/aromatic N) is 4. The van der Waals surface area contributed by atoms with Crippen molar-refractivity contribution in [2.75, 3.05) is 5.32 Å². The van der Waals surface area contributed by atoms with Gasteiger partial charge in [-0.1, -0.05) is 11.2 Å². The van der Waals surface area contributed by atoms with E-state index in [1.165, 1.54) is 24.3 Å². The zero-order valence-electron chi connectivity index (χ0n) is 11.5. The Balaban J connectivity index is 1.73. The molecule has 0 aliphatic rings. The number of hydrogen-bond donors (Lipinski definition) is 1. The Morgan fingerprint density at radius 3 is 2.57 bits per heavy atom. The summed E-state index contributed by atoms with van der Waals surface area (Å²) in [7, 11) is 0. The number of rotatable bonds is 4. The van der Waals surface area contributed by atoms with Crippen LogP contribution in [0.3, 0.4) is 0 Å². The smallest absolute Gasteiger partial charge is 0.322 e. The van der Waals surface area contributed by atoms with Gasteiger partial charge in [0.2, 0.25) is 0 Å². The summed E-state index contributed by atoms with van der Waals surface area (Å²) in [6.45, 7) is 0. The van der Waals surface area contributed by atoms with Crippen molar-refractivity contribution in [3.05, 3.63) is 64.3 Å². The van der Waals surface area contributed by atoms with Crippen LogP contribution in [0.5, 0.6) is 0 Å². The first-order valence-corrected chi connectivity index (χ1v) is 6.44. The lowest BCUT2D eigenvalue weighted by Crippen LogP contribution is -2.12. The van der Waals surface area contributed by atoms with Gasteiger partial charge in [-0.3, -0.25) is 25.2 Å². The third-order valence-electron chi connectivity index (χ3n) is 2.87. The van der Waals surface area contributed by atoms with E-state index in [0.717, 1.165) is 0 Å². The Kier molecular flexibility index (Phi) is 3.75. The van der Waals surface area contributed by atoms with Crippen molar-refractivity contribution in [2.24, 2.45) is 0 Å². The van der Waals surface area contributed by atoms with Crippen LogP contribution in [0.4, 0.5) is 11.7 Å². The van der Waals surface area contributed by atoms with Crippen molar-refractivity contribution >= 4 is 17.6 Å².